The summed E-state index contributed by atoms with van der Waals surface area (Å²) in [7, 11) is 0. The Labute approximate surface area is 93.5 Å². The number of benzene rings is 2. The van der Waals surface area contributed by atoms with Gasteiger partial charge in [-0.2, -0.15) is 0 Å². The maximum absolute atomic E-state index is 3.51. The van der Waals surface area contributed by atoms with Crippen LogP contribution in [0, 0.1) is 0 Å². The van der Waals surface area contributed by atoms with E-state index in [1.54, 1.807) is 0 Å². The van der Waals surface area contributed by atoms with Crippen LogP contribution in [0.3, 0.4) is 0 Å². The van der Waals surface area contributed by atoms with Gasteiger partial charge in [-0.1, -0.05) is 54.2 Å². The van der Waals surface area contributed by atoms with Gasteiger partial charge in [0.05, 0.1) is 0 Å². The Kier molecular flexibility index (Phi) is 2.14. The standard InChI is InChI=1S/C13H11NS/c1-2-6-10(7-3-1)13-14-11-8-4-5-9-12(11)15-13/h1-9,13-14H. The molecule has 1 nitrogen and oxygen atoms in total. The van der Waals surface area contributed by atoms with Crippen molar-refractivity contribution in [2.75, 3.05) is 5.32 Å². The summed E-state index contributed by atoms with van der Waals surface area (Å²) in [5.74, 6) is 0. The largest absolute Gasteiger partial charge is 0.368 e. The maximum Gasteiger partial charge on any atom is 0.103 e. The number of anilines is 1. The van der Waals surface area contributed by atoms with Crippen molar-refractivity contribution in [3.05, 3.63) is 60.2 Å². The summed E-state index contributed by atoms with van der Waals surface area (Å²) >= 11 is 1.88. The number of thioether (sulfide) groups is 1. The molecule has 0 aromatic heterocycles. The lowest BCUT2D eigenvalue weighted by Crippen LogP contribution is -2.00. The van der Waals surface area contributed by atoms with Crippen molar-refractivity contribution in [2.45, 2.75) is 10.3 Å². The van der Waals surface area contributed by atoms with Gasteiger partial charge in [0, 0.05) is 10.6 Å². The summed E-state index contributed by atoms with van der Waals surface area (Å²) in [6.45, 7) is 0. The van der Waals surface area contributed by atoms with Crippen molar-refractivity contribution in [3.63, 3.8) is 0 Å². The van der Waals surface area contributed by atoms with Crippen molar-refractivity contribution in [1.29, 1.82) is 0 Å². The molecule has 1 aliphatic rings. The molecule has 3 rings (SSSR count). The van der Waals surface area contributed by atoms with Crippen LogP contribution in [0.4, 0.5) is 5.69 Å². The van der Waals surface area contributed by atoms with Crippen molar-refractivity contribution < 1.29 is 0 Å². The van der Waals surface area contributed by atoms with Gasteiger partial charge in [-0.3, -0.25) is 0 Å². The van der Waals surface area contributed by atoms with Gasteiger partial charge in [0.15, 0.2) is 0 Å². The van der Waals surface area contributed by atoms with Crippen LogP contribution >= 0.6 is 11.8 Å². The van der Waals surface area contributed by atoms with Crippen LogP contribution in [0.5, 0.6) is 0 Å². The first-order valence-electron chi connectivity index (χ1n) is 5.01. The fourth-order valence-electron chi connectivity index (χ4n) is 1.77. The van der Waals surface area contributed by atoms with E-state index in [2.05, 4.69) is 59.9 Å². The first-order valence-corrected chi connectivity index (χ1v) is 5.88. The van der Waals surface area contributed by atoms with Gasteiger partial charge in [0.2, 0.25) is 0 Å². The molecule has 2 aromatic carbocycles. The van der Waals surface area contributed by atoms with Crippen molar-refractivity contribution in [2.24, 2.45) is 0 Å². The molecule has 0 saturated heterocycles. The van der Waals surface area contributed by atoms with Gasteiger partial charge in [-0.05, 0) is 17.7 Å². The third-order valence-electron chi connectivity index (χ3n) is 2.52. The van der Waals surface area contributed by atoms with E-state index in [1.807, 2.05) is 11.8 Å². The summed E-state index contributed by atoms with van der Waals surface area (Å²) in [5.41, 5.74) is 2.58. The highest BCUT2D eigenvalue weighted by molar-refractivity contribution is 8.00. The van der Waals surface area contributed by atoms with E-state index in [-0.39, 0.29) is 0 Å². The predicted molar refractivity (Wildman–Crippen MR) is 65.1 cm³/mol. The van der Waals surface area contributed by atoms with E-state index in [0.717, 1.165) is 0 Å². The first-order chi connectivity index (χ1) is 7.43. The molecular weight excluding hydrogens is 202 g/mol. The summed E-state index contributed by atoms with van der Waals surface area (Å²) in [6, 6.07) is 19.0. The lowest BCUT2D eigenvalue weighted by Gasteiger charge is -2.09. The molecule has 1 heterocycles. The van der Waals surface area contributed by atoms with Gasteiger partial charge in [-0.15, -0.1) is 0 Å². The average Bonchev–Trinajstić information content (AvgIpc) is 2.74. The van der Waals surface area contributed by atoms with Gasteiger partial charge >= 0.3 is 0 Å². The molecule has 0 amide bonds. The zero-order chi connectivity index (χ0) is 10.1. The molecule has 2 heteroatoms. The summed E-state index contributed by atoms with van der Waals surface area (Å²) in [5, 5.41) is 3.88. The Morgan fingerprint density at radius 1 is 0.867 bits per heavy atom. The maximum atomic E-state index is 3.51. The molecule has 0 bridgehead atoms. The van der Waals surface area contributed by atoms with E-state index < -0.39 is 0 Å². The Balaban J connectivity index is 1.91. The minimum Gasteiger partial charge on any atom is -0.368 e. The van der Waals surface area contributed by atoms with Crippen LogP contribution in [0.15, 0.2) is 59.5 Å². The molecule has 1 aliphatic heterocycles. The number of nitrogens with one attached hydrogen (secondary N) is 1. The topological polar surface area (TPSA) is 12.0 Å². The Morgan fingerprint density at radius 2 is 1.60 bits per heavy atom. The quantitative estimate of drug-likeness (QED) is 0.771. The van der Waals surface area contributed by atoms with Crippen LogP contribution in [0.25, 0.3) is 0 Å². The Morgan fingerprint density at radius 3 is 2.40 bits per heavy atom. The summed E-state index contributed by atoms with van der Waals surface area (Å²) in [6.07, 6.45) is 0. The highest BCUT2D eigenvalue weighted by atomic mass is 32.2. The van der Waals surface area contributed by atoms with E-state index in [4.69, 9.17) is 0 Å². The Hall–Kier alpha value is -1.41. The molecule has 2 aromatic rings. The molecule has 15 heavy (non-hydrogen) atoms. The molecular formula is C13H11NS. The second-order valence-electron chi connectivity index (χ2n) is 3.55. The number of para-hydroxylation sites is 1. The number of hydrogen-bond acceptors (Lipinski definition) is 2. The molecule has 0 fully saturated rings. The zero-order valence-corrected chi connectivity index (χ0v) is 9.00. The zero-order valence-electron chi connectivity index (χ0n) is 8.18. The van der Waals surface area contributed by atoms with Gasteiger partial charge in [0.1, 0.15) is 5.37 Å². The summed E-state index contributed by atoms with van der Waals surface area (Å²) < 4.78 is 0. The van der Waals surface area contributed by atoms with Gasteiger partial charge < -0.3 is 5.32 Å². The van der Waals surface area contributed by atoms with Crippen molar-refractivity contribution >= 4 is 17.4 Å². The van der Waals surface area contributed by atoms with Crippen LogP contribution in [-0.2, 0) is 0 Å². The van der Waals surface area contributed by atoms with Gasteiger partial charge in [0.25, 0.3) is 0 Å². The predicted octanol–water partition coefficient (Wildman–Crippen LogP) is 3.90. The van der Waals surface area contributed by atoms with E-state index in [1.165, 1.54) is 16.1 Å². The van der Waals surface area contributed by atoms with E-state index >= 15 is 0 Å². The molecule has 74 valence electrons. The second-order valence-corrected chi connectivity index (χ2v) is 4.70. The smallest absolute Gasteiger partial charge is 0.103 e. The lowest BCUT2D eigenvalue weighted by molar-refractivity contribution is 1.13. The Bertz CT molecular complexity index is 442. The van der Waals surface area contributed by atoms with Crippen LogP contribution in [0.1, 0.15) is 10.9 Å². The van der Waals surface area contributed by atoms with Crippen LogP contribution < -0.4 is 5.32 Å². The SMILES string of the molecule is c1ccc(C2Nc3ccccc3S2)cc1. The summed E-state index contributed by atoms with van der Waals surface area (Å²) in [4.78, 5) is 1.34. The van der Waals surface area contributed by atoms with Crippen LogP contribution in [0.2, 0.25) is 0 Å². The number of rotatable bonds is 1. The third-order valence-corrected chi connectivity index (χ3v) is 3.76. The molecule has 1 unspecified atom stereocenters. The normalized spacial score (nSPS) is 18.3. The molecule has 0 radical (unpaired) electrons. The van der Waals surface area contributed by atoms with Gasteiger partial charge in [-0.25, -0.2) is 0 Å². The number of hydrogen-bond donors (Lipinski definition) is 1. The number of fused-ring (bicyclic) bond motifs is 1. The van der Waals surface area contributed by atoms with Crippen molar-refractivity contribution in [1.82, 2.24) is 0 Å². The monoisotopic (exact) mass is 213 g/mol. The van der Waals surface area contributed by atoms with Crippen molar-refractivity contribution in [3.8, 4) is 0 Å². The average molecular weight is 213 g/mol. The van der Waals surface area contributed by atoms with E-state index in [9.17, 15) is 0 Å². The first kappa shape index (κ1) is 8.86. The second kappa shape index (κ2) is 3.63. The minimum absolute atomic E-state index is 0.364. The molecule has 1 N–H and O–H groups in total. The molecule has 0 spiro atoms. The third kappa shape index (κ3) is 1.61. The van der Waals surface area contributed by atoms with E-state index in [0.29, 0.717) is 5.37 Å². The van der Waals surface area contributed by atoms with Crippen LogP contribution in [-0.4, -0.2) is 0 Å². The molecule has 0 aliphatic carbocycles. The highest BCUT2D eigenvalue weighted by Gasteiger charge is 2.21. The fourth-order valence-corrected chi connectivity index (χ4v) is 2.91. The lowest BCUT2D eigenvalue weighted by atomic mass is 10.2. The fraction of sp³-hybridized carbons (Fsp3) is 0.0769. The highest BCUT2D eigenvalue weighted by Crippen LogP contribution is 2.45. The molecule has 0 saturated carbocycles. The minimum atomic E-state index is 0.364. The molecule has 1 atom stereocenters.